The van der Waals surface area contributed by atoms with Crippen LogP contribution in [0.2, 0.25) is 0 Å². The molecule has 2 heterocycles. The zero-order chi connectivity index (χ0) is 29.5. The number of aromatic nitrogens is 2. The summed E-state index contributed by atoms with van der Waals surface area (Å²) in [6.07, 6.45) is 22.3. The zero-order valence-electron chi connectivity index (χ0n) is 26.4. The Morgan fingerprint density at radius 2 is 1.14 bits per heavy atom. The molecule has 0 bridgehead atoms. The largest absolute Gasteiger partial charge is 0.254 e. The predicted octanol–water partition coefficient (Wildman–Crippen LogP) is 12.2. The minimum atomic E-state index is 0.0872. The van der Waals surface area contributed by atoms with E-state index in [4.69, 9.17) is 9.97 Å². The Bertz CT molecular complexity index is 1650. The second kappa shape index (κ2) is 13.8. The highest BCUT2D eigenvalue weighted by Gasteiger charge is 2.42. The number of hydrogen-bond acceptors (Lipinski definition) is 2. The molecule has 5 aromatic rings. The maximum absolute atomic E-state index is 4.81. The van der Waals surface area contributed by atoms with E-state index in [1.165, 1.54) is 118 Å². The summed E-state index contributed by atoms with van der Waals surface area (Å²) in [5.41, 5.74) is 10.6. The van der Waals surface area contributed by atoms with Gasteiger partial charge in [-0.25, -0.2) is 0 Å². The van der Waals surface area contributed by atoms with Crippen molar-refractivity contribution in [3.63, 3.8) is 0 Å². The van der Waals surface area contributed by atoms with Crippen LogP contribution in [0.15, 0.2) is 85.2 Å². The van der Waals surface area contributed by atoms with Crippen LogP contribution in [0.1, 0.15) is 115 Å². The molecular weight excluding hydrogens is 520 g/mol. The molecule has 43 heavy (non-hydrogen) atoms. The van der Waals surface area contributed by atoms with Gasteiger partial charge in [-0.15, -0.1) is 0 Å². The van der Waals surface area contributed by atoms with Gasteiger partial charge in [-0.3, -0.25) is 9.97 Å². The fraction of sp³-hybridized carbons (Fsp3) is 0.415. The van der Waals surface area contributed by atoms with E-state index in [9.17, 15) is 0 Å². The van der Waals surface area contributed by atoms with Gasteiger partial charge in [0.1, 0.15) is 0 Å². The third-order valence-corrected chi connectivity index (χ3v) is 9.95. The van der Waals surface area contributed by atoms with E-state index in [-0.39, 0.29) is 5.41 Å². The highest BCUT2D eigenvalue weighted by molar-refractivity contribution is 6.10. The summed E-state index contributed by atoms with van der Waals surface area (Å²) in [6.45, 7) is 4.62. The van der Waals surface area contributed by atoms with Crippen molar-refractivity contribution in [1.82, 2.24) is 9.97 Å². The molecule has 0 spiro atoms. The first-order chi connectivity index (χ1) is 21.3. The van der Waals surface area contributed by atoms with Gasteiger partial charge in [0.25, 0.3) is 0 Å². The first-order valence-electron chi connectivity index (χ1n) is 17.1. The molecule has 0 fully saturated rings. The van der Waals surface area contributed by atoms with E-state index in [2.05, 4.69) is 80.6 Å². The topological polar surface area (TPSA) is 25.8 Å². The summed E-state index contributed by atoms with van der Waals surface area (Å²) in [4.78, 5) is 9.52. The van der Waals surface area contributed by atoms with Crippen LogP contribution in [-0.4, -0.2) is 9.97 Å². The molecular formula is C41H48N2. The SMILES string of the molecule is CCCCCCCCC1(CCCCCCCC)c2ccccc2-c2ccc(-c3cc4cccnc4c4ncccc34)cc21. The van der Waals surface area contributed by atoms with Gasteiger partial charge in [0, 0.05) is 28.6 Å². The molecule has 2 aromatic heterocycles. The van der Waals surface area contributed by atoms with E-state index in [1.807, 2.05) is 18.5 Å². The van der Waals surface area contributed by atoms with Gasteiger partial charge in [0.05, 0.1) is 11.0 Å². The lowest BCUT2D eigenvalue weighted by Crippen LogP contribution is -2.25. The first kappa shape index (κ1) is 29.5. The number of nitrogens with zero attached hydrogens (tertiary/aromatic N) is 2. The molecule has 0 unspecified atom stereocenters. The Labute approximate surface area is 259 Å². The summed E-state index contributed by atoms with van der Waals surface area (Å²) in [6, 6.07) is 27.5. The van der Waals surface area contributed by atoms with E-state index in [0.717, 1.165) is 16.4 Å². The van der Waals surface area contributed by atoms with E-state index in [0.29, 0.717) is 0 Å². The van der Waals surface area contributed by atoms with Gasteiger partial charge in [-0.05, 0) is 70.5 Å². The summed E-state index contributed by atoms with van der Waals surface area (Å²) in [5, 5.41) is 2.33. The van der Waals surface area contributed by atoms with Crippen molar-refractivity contribution in [1.29, 1.82) is 0 Å². The fourth-order valence-electron chi connectivity index (χ4n) is 7.72. The molecule has 222 valence electrons. The monoisotopic (exact) mass is 568 g/mol. The first-order valence-corrected chi connectivity index (χ1v) is 17.1. The van der Waals surface area contributed by atoms with Crippen molar-refractivity contribution >= 4 is 21.8 Å². The van der Waals surface area contributed by atoms with Crippen LogP contribution in [0.5, 0.6) is 0 Å². The van der Waals surface area contributed by atoms with Crippen molar-refractivity contribution in [2.45, 2.75) is 109 Å². The highest BCUT2D eigenvalue weighted by atomic mass is 14.7. The standard InChI is InChI=1S/C41H48N2/c1-3-5-7-9-11-15-25-41(26-16-12-10-8-6-4-2)37-22-14-13-20-33(37)34-24-23-31(30-38(34)41)36-29-32-19-17-27-42-39(32)40-35(36)21-18-28-43-40/h13-14,17-24,27-30H,3-12,15-16,25-26H2,1-2H3. The quantitative estimate of drug-likeness (QED) is 0.0927. The molecule has 0 amide bonds. The average Bonchev–Trinajstić information content (AvgIpc) is 3.33. The number of hydrogen-bond donors (Lipinski definition) is 0. The number of rotatable bonds is 15. The lowest BCUT2D eigenvalue weighted by molar-refractivity contribution is 0.398. The Balaban J connectivity index is 1.42. The van der Waals surface area contributed by atoms with Crippen LogP contribution in [-0.2, 0) is 5.41 Å². The Morgan fingerprint density at radius 1 is 0.512 bits per heavy atom. The number of unbranched alkanes of at least 4 members (excludes halogenated alkanes) is 10. The normalized spacial score (nSPS) is 13.4. The highest BCUT2D eigenvalue weighted by Crippen LogP contribution is 2.55. The Kier molecular flexibility index (Phi) is 9.51. The van der Waals surface area contributed by atoms with E-state index < -0.39 is 0 Å². The third kappa shape index (κ3) is 5.99. The van der Waals surface area contributed by atoms with Crippen molar-refractivity contribution in [2.75, 3.05) is 0 Å². The smallest absolute Gasteiger partial charge is 0.0970 e. The number of fused-ring (bicyclic) bond motifs is 6. The lowest BCUT2D eigenvalue weighted by Gasteiger charge is -2.33. The molecule has 0 saturated carbocycles. The van der Waals surface area contributed by atoms with E-state index in [1.54, 1.807) is 11.1 Å². The molecule has 0 saturated heterocycles. The molecule has 0 aliphatic heterocycles. The lowest BCUT2D eigenvalue weighted by atomic mass is 9.70. The van der Waals surface area contributed by atoms with Crippen LogP contribution < -0.4 is 0 Å². The Hall–Kier alpha value is -3.52. The number of benzene rings is 3. The fourth-order valence-corrected chi connectivity index (χ4v) is 7.72. The second-order valence-corrected chi connectivity index (χ2v) is 12.8. The molecule has 6 rings (SSSR count). The summed E-state index contributed by atoms with van der Waals surface area (Å²) in [5.74, 6) is 0. The van der Waals surface area contributed by atoms with Crippen LogP contribution in [0.25, 0.3) is 44.1 Å². The van der Waals surface area contributed by atoms with Gasteiger partial charge in [-0.1, -0.05) is 139 Å². The molecule has 0 radical (unpaired) electrons. The predicted molar refractivity (Wildman–Crippen MR) is 185 cm³/mol. The minimum absolute atomic E-state index is 0.0872. The molecule has 0 atom stereocenters. The maximum Gasteiger partial charge on any atom is 0.0970 e. The summed E-state index contributed by atoms with van der Waals surface area (Å²) < 4.78 is 0. The van der Waals surface area contributed by atoms with Crippen LogP contribution in [0.3, 0.4) is 0 Å². The third-order valence-electron chi connectivity index (χ3n) is 9.95. The van der Waals surface area contributed by atoms with Gasteiger partial charge in [0.2, 0.25) is 0 Å². The van der Waals surface area contributed by atoms with Crippen molar-refractivity contribution in [3.8, 4) is 22.3 Å². The van der Waals surface area contributed by atoms with Crippen molar-refractivity contribution in [2.24, 2.45) is 0 Å². The van der Waals surface area contributed by atoms with Gasteiger partial charge >= 0.3 is 0 Å². The summed E-state index contributed by atoms with van der Waals surface area (Å²) >= 11 is 0. The van der Waals surface area contributed by atoms with Gasteiger partial charge in [0.15, 0.2) is 0 Å². The molecule has 2 heteroatoms. The second-order valence-electron chi connectivity index (χ2n) is 12.8. The molecule has 0 N–H and O–H groups in total. The molecule has 1 aliphatic carbocycles. The van der Waals surface area contributed by atoms with Gasteiger partial charge < -0.3 is 0 Å². The van der Waals surface area contributed by atoms with Crippen LogP contribution in [0.4, 0.5) is 0 Å². The molecule has 3 aromatic carbocycles. The maximum atomic E-state index is 4.81. The van der Waals surface area contributed by atoms with Gasteiger partial charge in [-0.2, -0.15) is 0 Å². The molecule has 1 aliphatic rings. The summed E-state index contributed by atoms with van der Waals surface area (Å²) in [7, 11) is 0. The number of pyridine rings is 2. The van der Waals surface area contributed by atoms with Crippen LogP contribution in [0, 0.1) is 0 Å². The Morgan fingerprint density at radius 3 is 1.88 bits per heavy atom. The average molecular weight is 569 g/mol. The van der Waals surface area contributed by atoms with Crippen LogP contribution >= 0.6 is 0 Å². The zero-order valence-corrected chi connectivity index (χ0v) is 26.4. The molecule has 2 nitrogen and oxygen atoms in total. The van der Waals surface area contributed by atoms with Crippen molar-refractivity contribution in [3.05, 3.63) is 96.3 Å². The van der Waals surface area contributed by atoms with E-state index >= 15 is 0 Å². The minimum Gasteiger partial charge on any atom is -0.254 e. The van der Waals surface area contributed by atoms with Crippen molar-refractivity contribution < 1.29 is 0 Å².